The minimum atomic E-state index is -0.947. The lowest BCUT2D eigenvalue weighted by atomic mass is 9.99. The fourth-order valence-electron chi connectivity index (χ4n) is 1.85. The largest absolute Gasteiger partial charge is 0.369 e. The van der Waals surface area contributed by atoms with E-state index in [4.69, 9.17) is 4.74 Å². The van der Waals surface area contributed by atoms with E-state index in [9.17, 15) is 13.6 Å². The molecule has 19 heavy (non-hydrogen) atoms. The highest BCUT2D eigenvalue weighted by Gasteiger charge is 2.24. The molecule has 1 unspecified atom stereocenters. The molecule has 2 rings (SSSR count). The van der Waals surface area contributed by atoms with Gasteiger partial charge in [-0.1, -0.05) is 30.3 Å². The van der Waals surface area contributed by atoms with Crippen molar-refractivity contribution in [3.8, 4) is 0 Å². The summed E-state index contributed by atoms with van der Waals surface area (Å²) in [7, 11) is 1.35. The fourth-order valence-corrected chi connectivity index (χ4v) is 1.85. The summed E-state index contributed by atoms with van der Waals surface area (Å²) in [6.07, 6.45) is -0.947. The molecule has 0 fully saturated rings. The summed E-state index contributed by atoms with van der Waals surface area (Å²) in [5.41, 5.74) is 0.286. The van der Waals surface area contributed by atoms with Gasteiger partial charge < -0.3 is 4.74 Å². The average Bonchev–Trinajstić information content (AvgIpc) is 2.43. The van der Waals surface area contributed by atoms with Crippen molar-refractivity contribution < 1.29 is 18.3 Å². The predicted molar refractivity (Wildman–Crippen MR) is 66.9 cm³/mol. The topological polar surface area (TPSA) is 26.3 Å². The first-order valence-corrected chi connectivity index (χ1v) is 5.70. The van der Waals surface area contributed by atoms with E-state index in [-0.39, 0.29) is 5.56 Å². The molecule has 1 atom stereocenters. The number of hydrogen-bond acceptors (Lipinski definition) is 2. The molecule has 0 saturated carbocycles. The second-order valence-electron chi connectivity index (χ2n) is 4.01. The third kappa shape index (κ3) is 2.85. The Labute approximate surface area is 109 Å². The maximum atomic E-state index is 13.6. The number of benzene rings is 2. The van der Waals surface area contributed by atoms with Gasteiger partial charge in [0.25, 0.3) is 0 Å². The van der Waals surface area contributed by atoms with E-state index in [1.165, 1.54) is 7.11 Å². The van der Waals surface area contributed by atoms with Crippen LogP contribution in [0.5, 0.6) is 0 Å². The molecule has 0 aromatic heterocycles. The van der Waals surface area contributed by atoms with Gasteiger partial charge in [0, 0.05) is 7.11 Å². The van der Waals surface area contributed by atoms with E-state index in [1.807, 2.05) is 0 Å². The number of carbonyl (C=O) groups is 1. The second-order valence-corrected chi connectivity index (χ2v) is 4.01. The van der Waals surface area contributed by atoms with Crippen LogP contribution in [-0.2, 0) is 4.74 Å². The highest BCUT2D eigenvalue weighted by Crippen LogP contribution is 2.23. The molecule has 0 spiro atoms. The average molecular weight is 262 g/mol. The number of hydrogen-bond donors (Lipinski definition) is 0. The number of methoxy groups -OCH3 is 1. The van der Waals surface area contributed by atoms with Crippen LogP contribution in [0.15, 0.2) is 48.5 Å². The minimum Gasteiger partial charge on any atom is -0.369 e. The Bertz CT molecular complexity index is 582. The normalized spacial score (nSPS) is 12.2. The molecule has 4 heteroatoms. The number of ketones is 1. The Balaban J connectivity index is 2.39. The molecule has 0 heterocycles. The Hall–Kier alpha value is -2.07. The lowest BCUT2D eigenvalue weighted by Crippen LogP contribution is -2.16. The van der Waals surface area contributed by atoms with Gasteiger partial charge in [-0.2, -0.15) is 0 Å². The van der Waals surface area contributed by atoms with Gasteiger partial charge in [-0.3, -0.25) is 4.79 Å². The van der Waals surface area contributed by atoms with Crippen molar-refractivity contribution in [3.05, 3.63) is 71.3 Å². The van der Waals surface area contributed by atoms with Gasteiger partial charge in [0.1, 0.15) is 17.7 Å². The Morgan fingerprint density at radius 3 is 2.42 bits per heavy atom. The lowest BCUT2D eigenvalue weighted by molar-refractivity contribution is 0.0599. The van der Waals surface area contributed by atoms with Crippen molar-refractivity contribution in [3.63, 3.8) is 0 Å². The Morgan fingerprint density at radius 1 is 1.11 bits per heavy atom. The Morgan fingerprint density at radius 2 is 1.79 bits per heavy atom. The fraction of sp³-hybridized carbons (Fsp3) is 0.133. The van der Waals surface area contributed by atoms with Crippen LogP contribution in [0, 0.1) is 11.6 Å². The van der Waals surface area contributed by atoms with Gasteiger partial charge in [0.15, 0.2) is 5.78 Å². The van der Waals surface area contributed by atoms with Crippen LogP contribution < -0.4 is 0 Å². The smallest absolute Gasteiger partial charge is 0.199 e. The third-order valence-corrected chi connectivity index (χ3v) is 2.77. The molecular weight excluding hydrogens is 250 g/mol. The van der Waals surface area contributed by atoms with Crippen LogP contribution in [0.2, 0.25) is 0 Å². The van der Waals surface area contributed by atoms with Crippen molar-refractivity contribution in [2.24, 2.45) is 0 Å². The van der Waals surface area contributed by atoms with Gasteiger partial charge in [0.05, 0.1) is 5.56 Å². The highest BCUT2D eigenvalue weighted by atomic mass is 19.1. The molecule has 0 amide bonds. The van der Waals surface area contributed by atoms with Gasteiger partial charge >= 0.3 is 0 Å². The maximum Gasteiger partial charge on any atom is 0.199 e. The van der Waals surface area contributed by atoms with Crippen LogP contribution >= 0.6 is 0 Å². The molecule has 0 aliphatic heterocycles. The molecule has 0 saturated heterocycles. The Kier molecular flexibility index (Phi) is 4.02. The zero-order valence-electron chi connectivity index (χ0n) is 10.3. The molecule has 0 aliphatic rings. The summed E-state index contributed by atoms with van der Waals surface area (Å²) in [4.78, 5) is 12.2. The van der Waals surface area contributed by atoms with Crippen molar-refractivity contribution in [2.75, 3.05) is 7.11 Å². The van der Waals surface area contributed by atoms with Crippen molar-refractivity contribution in [1.29, 1.82) is 0 Å². The van der Waals surface area contributed by atoms with Gasteiger partial charge in [-0.05, 0) is 23.8 Å². The van der Waals surface area contributed by atoms with E-state index >= 15 is 0 Å². The third-order valence-electron chi connectivity index (χ3n) is 2.77. The molecule has 98 valence electrons. The predicted octanol–water partition coefficient (Wildman–Crippen LogP) is 3.54. The highest BCUT2D eigenvalue weighted by molar-refractivity contribution is 6.00. The second kappa shape index (κ2) is 5.71. The molecule has 0 bridgehead atoms. The molecule has 0 N–H and O–H groups in total. The quantitative estimate of drug-likeness (QED) is 0.788. The molecule has 2 aromatic rings. The molecule has 2 nitrogen and oxygen atoms in total. The van der Waals surface area contributed by atoms with E-state index in [2.05, 4.69) is 0 Å². The monoisotopic (exact) mass is 262 g/mol. The first-order chi connectivity index (χ1) is 9.13. The molecule has 0 aliphatic carbocycles. The number of halogens is 2. The van der Waals surface area contributed by atoms with Crippen molar-refractivity contribution in [2.45, 2.75) is 6.10 Å². The van der Waals surface area contributed by atoms with Gasteiger partial charge in [0.2, 0.25) is 0 Å². The summed E-state index contributed by atoms with van der Waals surface area (Å²) in [5, 5.41) is 0. The number of ether oxygens (including phenoxy) is 1. The SMILES string of the molecule is COC(C(=O)c1cc(F)ccc1F)c1ccccc1. The van der Waals surface area contributed by atoms with E-state index < -0.39 is 23.5 Å². The first-order valence-electron chi connectivity index (χ1n) is 5.70. The summed E-state index contributed by atoms with van der Waals surface area (Å²) in [5.74, 6) is -2.03. The van der Waals surface area contributed by atoms with Crippen LogP contribution in [0.3, 0.4) is 0 Å². The summed E-state index contributed by atoms with van der Waals surface area (Å²) in [6.45, 7) is 0. The van der Waals surface area contributed by atoms with E-state index in [0.29, 0.717) is 5.56 Å². The standard InChI is InChI=1S/C15H12F2O2/c1-19-15(10-5-3-2-4-6-10)14(18)12-9-11(16)7-8-13(12)17/h2-9,15H,1H3. The summed E-state index contributed by atoms with van der Waals surface area (Å²) < 4.78 is 31.8. The van der Waals surface area contributed by atoms with Gasteiger partial charge in [-0.25, -0.2) is 8.78 Å². The van der Waals surface area contributed by atoms with Crippen LogP contribution in [-0.4, -0.2) is 12.9 Å². The number of rotatable bonds is 4. The van der Waals surface area contributed by atoms with E-state index in [0.717, 1.165) is 18.2 Å². The van der Waals surface area contributed by atoms with Crippen LogP contribution in [0.4, 0.5) is 8.78 Å². The molecular formula is C15H12F2O2. The lowest BCUT2D eigenvalue weighted by Gasteiger charge is -2.15. The maximum absolute atomic E-state index is 13.6. The number of carbonyl (C=O) groups excluding carboxylic acids is 1. The zero-order chi connectivity index (χ0) is 13.8. The van der Waals surface area contributed by atoms with Gasteiger partial charge in [-0.15, -0.1) is 0 Å². The van der Waals surface area contributed by atoms with Crippen LogP contribution in [0.25, 0.3) is 0 Å². The van der Waals surface area contributed by atoms with Crippen molar-refractivity contribution >= 4 is 5.78 Å². The minimum absolute atomic E-state index is 0.310. The number of Topliss-reactive ketones (excluding diaryl/α,β-unsaturated/α-hetero) is 1. The molecule has 2 aromatic carbocycles. The summed E-state index contributed by atoms with van der Waals surface area (Å²) >= 11 is 0. The summed E-state index contributed by atoms with van der Waals surface area (Å²) in [6, 6.07) is 11.5. The molecule has 0 radical (unpaired) electrons. The van der Waals surface area contributed by atoms with Crippen molar-refractivity contribution in [1.82, 2.24) is 0 Å². The first kappa shape index (κ1) is 13.4. The zero-order valence-corrected chi connectivity index (χ0v) is 10.3. The van der Waals surface area contributed by atoms with Crippen LogP contribution in [0.1, 0.15) is 22.0 Å². The van der Waals surface area contributed by atoms with E-state index in [1.54, 1.807) is 30.3 Å².